The largest absolute Gasteiger partial charge is 0.345 e. The van der Waals surface area contributed by atoms with Crippen LogP contribution in [0.25, 0.3) is 0 Å². The Morgan fingerprint density at radius 2 is 2.00 bits per heavy atom. The van der Waals surface area contributed by atoms with Gasteiger partial charge in [-0.05, 0) is 17.8 Å². The number of hydrazine groups is 1. The van der Waals surface area contributed by atoms with E-state index in [1.807, 2.05) is 0 Å². The molecule has 0 saturated carbocycles. The van der Waals surface area contributed by atoms with Crippen molar-refractivity contribution in [2.45, 2.75) is 10.2 Å². The van der Waals surface area contributed by atoms with E-state index >= 15 is 0 Å². The van der Waals surface area contributed by atoms with Crippen molar-refractivity contribution in [3.63, 3.8) is 0 Å². The quantitative estimate of drug-likeness (QED) is 0.268. The van der Waals surface area contributed by atoms with E-state index in [1.54, 1.807) is 6.07 Å². The average molecular weight is 265 g/mol. The molecular weight excluding hydrogens is 258 g/mol. The van der Waals surface area contributed by atoms with Gasteiger partial charge in [-0.25, -0.2) is 25.8 Å². The van der Waals surface area contributed by atoms with Crippen LogP contribution in [0.15, 0.2) is 35.0 Å². The zero-order valence-corrected chi connectivity index (χ0v) is 9.66. The van der Waals surface area contributed by atoms with Gasteiger partial charge >= 0.3 is 5.69 Å². The van der Waals surface area contributed by atoms with E-state index in [9.17, 15) is 10.1 Å². The van der Waals surface area contributed by atoms with Gasteiger partial charge in [-0.1, -0.05) is 0 Å². The first-order valence-corrected chi connectivity index (χ1v) is 5.45. The fraction of sp³-hybridized carbons (Fsp3) is 0. The molecule has 0 radical (unpaired) electrons. The van der Waals surface area contributed by atoms with Gasteiger partial charge in [0.2, 0.25) is 5.82 Å². The van der Waals surface area contributed by atoms with E-state index in [0.29, 0.717) is 5.16 Å². The van der Waals surface area contributed by atoms with Gasteiger partial charge in [0.1, 0.15) is 6.33 Å². The molecule has 0 saturated heterocycles. The highest BCUT2D eigenvalue weighted by Gasteiger charge is 2.23. The predicted molar refractivity (Wildman–Crippen MR) is 62.7 cm³/mol. The van der Waals surface area contributed by atoms with Gasteiger partial charge in [-0.3, -0.25) is 10.1 Å². The van der Waals surface area contributed by atoms with E-state index in [0.717, 1.165) is 11.8 Å². The second-order valence-corrected chi connectivity index (χ2v) is 3.87. The molecule has 0 atom stereocenters. The molecule has 0 bridgehead atoms. The van der Waals surface area contributed by atoms with Gasteiger partial charge in [0.05, 0.1) is 4.92 Å². The van der Waals surface area contributed by atoms with Crippen molar-refractivity contribution in [2.24, 2.45) is 5.84 Å². The van der Waals surface area contributed by atoms with Crippen molar-refractivity contribution < 1.29 is 4.92 Å². The highest BCUT2D eigenvalue weighted by Crippen LogP contribution is 2.34. The van der Waals surface area contributed by atoms with E-state index in [2.05, 4.69) is 25.4 Å². The molecule has 9 nitrogen and oxygen atoms in total. The third-order valence-corrected chi connectivity index (χ3v) is 2.72. The second kappa shape index (κ2) is 5.33. The Hall–Kier alpha value is -2.33. The van der Waals surface area contributed by atoms with Gasteiger partial charge in [-0.2, -0.15) is 0 Å². The lowest BCUT2D eigenvalue weighted by Crippen LogP contribution is -2.12. The number of rotatable bonds is 4. The van der Waals surface area contributed by atoms with Crippen molar-refractivity contribution >= 4 is 23.3 Å². The Labute approximate surface area is 105 Å². The SMILES string of the molecule is NNc1ncnc(Sc2ncccn2)c1[N+](=O)[O-]. The van der Waals surface area contributed by atoms with Crippen LogP contribution >= 0.6 is 11.8 Å². The molecule has 10 heteroatoms. The summed E-state index contributed by atoms with van der Waals surface area (Å²) in [5.41, 5.74) is 1.85. The molecule has 0 aliphatic carbocycles. The van der Waals surface area contributed by atoms with Crippen molar-refractivity contribution in [3.05, 3.63) is 34.9 Å². The fourth-order valence-electron chi connectivity index (χ4n) is 1.13. The molecule has 0 fully saturated rings. The molecule has 0 aliphatic rings. The molecule has 2 aromatic rings. The van der Waals surface area contributed by atoms with Crippen molar-refractivity contribution in [2.75, 3.05) is 5.43 Å². The lowest BCUT2D eigenvalue weighted by atomic mass is 10.5. The van der Waals surface area contributed by atoms with Crippen LogP contribution in [0.1, 0.15) is 0 Å². The number of nitrogens with one attached hydrogen (secondary N) is 1. The van der Waals surface area contributed by atoms with Gasteiger partial charge in [0.25, 0.3) is 0 Å². The maximum atomic E-state index is 11.0. The summed E-state index contributed by atoms with van der Waals surface area (Å²) in [6, 6.07) is 1.64. The van der Waals surface area contributed by atoms with Crippen LogP contribution in [-0.4, -0.2) is 24.9 Å². The van der Waals surface area contributed by atoms with Crippen LogP contribution in [0.5, 0.6) is 0 Å². The van der Waals surface area contributed by atoms with Crippen LogP contribution in [-0.2, 0) is 0 Å². The molecule has 92 valence electrons. The van der Waals surface area contributed by atoms with Crippen LogP contribution < -0.4 is 11.3 Å². The molecule has 2 heterocycles. The van der Waals surface area contributed by atoms with E-state index in [1.165, 1.54) is 18.7 Å². The van der Waals surface area contributed by atoms with Gasteiger partial charge in [0.15, 0.2) is 10.2 Å². The molecule has 2 rings (SSSR count). The minimum absolute atomic E-state index is 0.0616. The lowest BCUT2D eigenvalue weighted by Gasteiger charge is -2.03. The van der Waals surface area contributed by atoms with Crippen LogP contribution in [0.3, 0.4) is 0 Å². The Kier molecular flexibility index (Phi) is 3.60. The van der Waals surface area contributed by atoms with Crippen LogP contribution in [0.4, 0.5) is 11.5 Å². The van der Waals surface area contributed by atoms with Crippen LogP contribution in [0, 0.1) is 10.1 Å². The molecule has 0 unspecified atom stereocenters. The number of nitro groups is 1. The summed E-state index contributed by atoms with van der Waals surface area (Å²) in [5, 5.41) is 11.4. The average Bonchev–Trinajstić information content (AvgIpc) is 2.39. The zero-order valence-electron chi connectivity index (χ0n) is 8.85. The Balaban J connectivity index is 2.42. The number of hydrogen-bond acceptors (Lipinski definition) is 9. The monoisotopic (exact) mass is 265 g/mol. The topological polar surface area (TPSA) is 133 Å². The number of hydrogen-bond donors (Lipinski definition) is 2. The molecule has 0 amide bonds. The second-order valence-electron chi connectivity index (χ2n) is 2.91. The summed E-state index contributed by atoms with van der Waals surface area (Å²) >= 11 is 0.962. The standard InChI is InChI=1S/C8H7N7O2S/c9-14-6-5(15(16)17)7(13-4-12-6)18-8-10-2-1-3-11-8/h1-4H,9H2,(H,12,13,14). The van der Waals surface area contributed by atoms with E-state index in [-0.39, 0.29) is 16.5 Å². The molecule has 3 N–H and O–H groups in total. The maximum absolute atomic E-state index is 11.0. The van der Waals surface area contributed by atoms with Crippen molar-refractivity contribution in [1.29, 1.82) is 0 Å². The molecular formula is C8H7N7O2S. The van der Waals surface area contributed by atoms with Crippen molar-refractivity contribution in [1.82, 2.24) is 19.9 Å². The van der Waals surface area contributed by atoms with Gasteiger partial charge in [0, 0.05) is 12.4 Å². The number of nitrogen functional groups attached to an aromatic ring is 1. The normalized spacial score (nSPS) is 10.1. The van der Waals surface area contributed by atoms with E-state index < -0.39 is 4.92 Å². The number of nitrogens with two attached hydrogens (primary N) is 1. The zero-order chi connectivity index (χ0) is 13.0. The number of anilines is 1. The summed E-state index contributed by atoms with van der Waals surface area (Å²) in [5.74, 6) is 5.10. The third kappa shape index (κ3) is 2.49. The number of aromatic nitrogens is 4. The molecule has 0 aliphatic heterocycles. The Morgan fingerprint density at radius 3 is 2.61 bits per heavy atom. The minimum Gasteiger partial charge on any atom is -0.303 e. The van der Waals surface area contributed by atoms with Gasteiger partial charge < -0.3 is 5.43 Å². The summed E-state index contributed by atoms with van der Waals surface area (Å²) < 4.78 is 0. The summed E-state index contributed by atoms with van der Waals surface area (Å²) in [6.07, 6.45) is 4.24. The molecule has 0 aromatic carbocycles. The molecule has 18 heavy (non-hydrogen) atoms. The van der Waals surface area contributed by atoms with Crippen molar-refractivity contribution in [3.8, 4) is 0 Å². The highest BCUT2D eigenvalue weighted by molar-refractivity contribution is 7.99. The predicted octanol–water partition coefficient (Wildman–Crippen LogP) is 0.612. The molecule has 0 spiro atoms. The van der Waals surface area contributed by atoms with Crippen LogP contribution in [0.2, 0.25) is 0 Å². The first kappa shape index (κ1) is 12.1. The summed E-state index contributed by atoms with van der Waals surface area (Å²) in [6.45, 7) is 0. The van der Waals surface area contributed by atoms with E-state index in [4.69, 9.17) is 5.84 Å². The first-order chi connectivity index (χ1) is 8.72. The maximum Gasteiger partial charge on any atom is 0.345 e. The first-order valence-electron chi connectivity index (χ1n) is 4.63. The number of nitrogens with zero attached hydrogens (tertiary/aromatic N) is 5. The smallest absolute Gasteiger partial charge is 0.303 e. The Bertz CT molecular complexity index is 565. The third-order valence-electron chi connectivity index (χ3n) is 1.84. The Morgan fingerprint density at radius 1 is 1.28 bits per heavy atom. The summed E-state index contributed by atoms with van der Waals surface area (Å²) in [7, 11) is 0. The lowest BCUT2D eigenvalue weighted by molar-refractivity contribution is -0.387. The minimum atomic E-state index is -0.611. The highest BCUT2D eigenvalue weighted by atomic mass is 32.2. The summed E-state index contributed by atoms with van der Waals surface area (Å²) in [4.78, 5) is 25.8. The molecule has 2 aromatic heterocycles. The fourth-order valence-corrected chi connectivity index (χ4v) is 1.90. The van der Waals surface area contributed by atoms with Gasteiger partial charge in [-0.15, -0.1) is 0 Å².